The minimum atomic E-state index is -0.711. The highest BCUT2D eigenvalue weighted by Crippen LogP contribution is 2.15. The highest BCUT2D eigenvalue weighted by atomic mass is 16.4. The minimum absolute atomic E-state index is 0.0960. The van der Waals surface area contributed by atoms with Crippen LogP contribution in [0.1, 0.15) is 38.3 Å². The van der Waals surface area contributed by atoms with Gasteiger partial charge in [0.05, 0.1) is 5.60 Å². The second-order valence-electron chi connectivity index (χ2n) is 5.88. The Hall–Kier alpha value is -1.59. The smallest absolute Gasteiger partial charge is 0.170 e. The summed E-state index contributed by atoms with van der Waals surface area (Å²) >= 11 is 0. The number of oxime groups is 1. The van der Waals surface area contributed by atoms with Crippen LogP contribution in [0.4, 0.5) is 0 Å². The van der Waals surface area contributed by atoms with Gasteiger partial charge in [-0.2, -0.15) is 0 Å². The zero-order valence-electron chi connectivity index (χ0n) is 12.4. The van der Waals surface area contributed by atoms with Crippen LogP contribution >= 0.6 is 0 Å². The molecule has 0 saturated heterocycles. The van der Waals surface area contributed by atoms with E-state index in [4.69, 9.17) is 10.9 Å². The summed E-state index contributed by atoms with van der Waals surface area (Å²) in [6.07, 6.45) is 0.754. The molecule has 0 bridgehead atoms. The summed E-state index contributed by atoms with van der Waals surface area (Å²) in [7, 11) is 0. The van der Waals surface area contributed by atoms with E-state index in [1.54, 1.807) is 6.07 Å². The molecular formula is C15H25N3O2. The number of hydrogen-bond acceptors (Lipinski definition) is 4. The van der Waals surface area contributed by atoms with Crippen molar-refractivity contribution < 1.29 is 10.3 Å². The van der Waals surface area contributed by atoms with Crippen molar-refractivity contribution in [3.05, 3.63) is 35.4 Å². The van der Waals surface area contributed by atoms with Crippen LogP contribution in [0.3, 0.4) is 0 Å². The summed E-state index contributed by atoms with van der Waals surface area (Å²) < 4.78 is 0. The molecule has 112 valence electrons. The molecule has 0 aliphatic heterocycles. The molecule has 1 aromatic rings. The van der Waals surface area contributed by atoms with Crippen molar-refractivity contribution in [2.45, 2.75) is 39.3 Å². The second-order valence-corrected chi connectivity index (χ2v) is 5.88. The van der Waals surface area contributed by atoms with Gasteiger partial charge < -0.3 is 21.4 Å². The molecule has 0 radical (unpaired) electrons. The fraction of sp³-hybridized carbons (Fsp3) is 0.533. The van der Waals surface area contributed by atoms with E-state index in [9.17, 15) is 5.11 Å². The molecular weight excluding hydrogens is 254 g/mol. The summed E-state index contributed by atoms with van der Waals surface area (Å²) in [4.78, 5) is 0. The van der Waals surface area contributed by atoms with Gasteiger partial charge in [0.25, 0.3) is 0 Å². The zero-order chi connectivity index (χ0) is 15.2. The summed E-state index contributed by atoms with van der Waals surface area (Å²) in [6.45, 7) is 7.18. The van der Waals surface area contributed by atoms with Crippen molar-refractivity contribution >= 4 is 5.84 Å². The topological polar surface area (TPSA) is 90.9 Å². The van der Waals surface area contributed by atoms with Gasteiger partial charge in [0.15, 0.2) is 5.84 Å². The lowest BCUT2D eigenvalue weighted by Crippen LogP contribution is -2.38. The maximum absolute atomic E-state index is 10.2. The first-order valence-corrected chi connectivity index (χ1v) is 6.84. The molecule has 0 fully saturated rings. The van der Waals surface area contributed by atoms with Gasteiger partial charge in [0.1, 0.15) is 0 Å². The van der Waals surface area contributed by atoms with E-state index in [-0.39, 0.29) is 5.84 Å². The number of aliphatic hydroxyl groups is 1. The van der Waals surface area contributed by atoms with Gasteiger partial charge in [-0.05, 0) is 30.9 Å². The summed E-state index contributed by atoms with van der Waals surface area (Å²) in [6, 6.07) is 7.46. The van der Waals surface area contributed by atoms with Crippen LogP contribution in [-0.2, 0) is 6.54 Å². The SMILES string of the molecule is CC(C)CC(C)(O)CNCc1cccc(C(N)=NO)c1. The van der Waals surface area contributed by atoms with Crippen molar-refractivity contribution in [3.8, 4) is 0 Å². The first-order valence-electron chi connectivity index (χ1n) is 6.84. The van der Waals surface area contributed by atoms with Gasteiger partial charge in [0, 0.05) is 18.7 Å². The fourth-order valence-corrected chi connectivity index (χ4v) is 2.33. The molecule has 5 nitrogen and oxygen atoms in total. The molecule has 0 saturated carbocycles. The predicted octanol–water partition coefficient (Wildman–Crippen LogP) is 1.67. The van der Waals surface area contributed by atoms with Gasteiger partial charge in [0.2, 0.25) is 0 Å². The number of nitrogens with one attached hydrogen (secondary N) is 1. The Morgan fingerprint density at radius 2 is 2.15 bits per heavy atom. The van der Waals surface area contributed by atoms with E-state index in [0.29, 0.717) is 24.6 Å². The van der Waals surface area contributed by atoms with Crippen molar-refractivity contribution in [1.82, 2.24) is 5.32 Å². The van der Waals surface area contributed by atoms with Crippen molar-refractivity contribution in [3.63, 3.8) is 0 Å². The molecule has 20 heavy (non-hydrogen) atoms. The van der Waals surface area contributed by atoms with Gasteiger partial charge in [-0.25, -0.2) is 0 Å². The molecule has 1 atom stereocenters. The van der Waals surface area contributed by atoms with Crippen LogP contribution in [0, 0.1) is 5.92 Å². The van der Waals surface area contributed by atoms with Gasteiger partial charge in [-0.3, -0.25) is 0 Å². The van der Waals surface area contributed by atoms with Crippen LogP contribution in [0.25, 0.3) is 0 Å². The standard InChI is InChI=1S/C15H25N3O2/c1-11(2)8-15(3,19)10-17-9-12-5-4-6-13(7-12)14(16)18-20/h4-7,11,17,19-20H,8-10H2,1-3H3,(H2,16,18). The number of nitrogens with zero attached hydrogens (tertiary/aromatic N) is 1. The highest BCUT2D eigenvalue weighted by molar-refractivity contribution is 5.97. The van der Waals surface area contributed by atoms with Crippen molar-refractivity contribution in [2.24, 2.45) is 16.8 Å². The Morgan fingerprint density at radius 1 is 1.45 bits per heavy atom. The Balaban J connectivity index is 2.54. The lowest BCUT2D eigenvalue weighted by molar-refractivity contribution is 0.0383. The summed E-state index contributed by atoms with van der Waals surface area (Å²) in [5, 5.41) is 25.1. The molecule has 0 aliphatic rings. The monoisotopic (exact) mass is 279 g/mol. The molecule has 0 amide bonds. The number of hydrogen-bond donors (Lipinski definition) is 4. The molecule has 1 aromatic carbocycles. The average molecular weight is 279 g/mol. The first-order chi connectivity index (χ1) is 9.34. The van der Waals surface area contributed by atoms with Crippen LogP contribution in [-0.4, -0.2) is 28.3 Å². The van der Waals surface area contributed by atoms with E-state index >= 15 is 0 Å². The van der Waals surface area contributed by atoms with E-state index < -0.39 is 5.60 Å². The Kier molecular flexibility index (Phi) is 5.98. The van der Waals surface area contributed by atoms with E-state index in [2.05, 4.69) is 24.3 Å². The van der Waals surface area contributed by atoms with Crippen molar-refractivity contribution in [1.29, 1.82) is 0 Å². The lowest BCUT2D eigenvalue weighted by Gasteiger charge is -2.25. The number of benzene rings is 1. The number of amidine groups is 1. The predicted molar refractivity (Wildman–Crippen MR) is 80.7 cm³/mol. The summed E-state index contributed by atoms with van der Waals surface area (Å²) in [5.74, 6) is 0.550. The second kappa shape index (κ2) is 7.26. The van der Waals surface area contributed by atoms with E-state index in [1.807, 2.05) is 25.1 Å². The van der Waals surface area contributed by atoms with Crippen LogP contribution in [0.5, 0.6) is 0 Å². The van der Waals surface area contributed by atoms with Crippen LogP contribution < -0.4 is 11.1 Å². The van der Waals surface area contributed by atoms with Crippen molar-refractivity contribution in [2.75, 3.05) is 6.54 Å². The Labute approximate surface area is 120 Å². The molecule has 0 aliphatic carbocycles. The van der Waals surface area contributed by atoms with Gasteiger partial charge in [-0.1, -0.05) is 37.2 Å². The van der Waals surface area contributed by atoms with Crippen LogP contribution in [0.2, 0.25) is 0 Å². The average Bonchev–Trinajstić information content (AvgIpc) is 2.36. The normalized spacial score (nSPS) is 15.3. The highest BCUT2D eigenvalue weighted by Gasteiger charge is 2.20. The Morgan fingerprint density at radius 3 is 2.75 bits per heavy atom. The third-order valence-corrected chi connectivity index (χ3v) is 3.01. The quantitative estimate of drug-likeness (QED) is 0.264. The number of rotatable bonds is 7. The number of nitrogens with two attached hydrogens (primary N) is 1. The van der Waals surface area contributed by atoms with Gasteiger partial charge in [-0.15, -0.1) is 0 Å². The Bertz CT molecular complexity index is 456. The maximum Gasteiger partial charge on any atom is 0.170 e. The molecule has 1 unspecified atom stereocenters. The lowest BCUT2D eigenvalue weighted by atomic mass is 9.94. The third-order valence-electron chi connectivity index (χ3n) is 3.01. The maximum atomic E-state index is 10.2. The largest absolute Gasteiger partial charge is 0.409 e. The molecule has 0 spiro atoms. The van der Waals surface area contributed by atoms with Gasteiger partial charge >= 0.3 is 0 Å². The molecule has 0 aromatic heterocycles. The molecule has 1 rings (SSSR count). The first kappa shape index (κ1) is 16.5. The van der Waals surface area contributed by atoms with E-state index in [1.165, 1.54) is 0 Å². The molecule has 0 heterocycles. The fourth-order valence-electron chi connectivity index (χ4n) is 2.33. The molecule has 5 N–H and O–H groups in total. The zero-order valence-corrected chi connectivity index (χ0v) is 12.4. The molecule has 5 heteroatoms. The van der Waals surface area contributed by atoms with E-state index in [0.717, 1.165) is 12.0 Å². The summed E-state index contributed by atoms with van der Waals surface area (Å²) in [5.41, 5.74) is 6.55. The minimum Gasteiger partial charge on any atom is -0.409 e. The van der Waals surface area contributed by atoms with Crippen LogP contribution in [0.15, 0.2) is 29.4 Å². The third kappa shape index (κ3) is 5.59.